The first kappa shape index (κ1) is 22.3. The molecule has 12 nitrogen and oxygen atoms in total. The molecule has 4 heterocycles. The van der Waals surface area contributed by atoms with Gasteiger partial charge in [-0.3, -0.25) is 19.7 Å². The summed E-state index contributed by atoms with van der Waals surface area (Å²) in [5.41, 5.74) is 4.43. The highest BCUT2D eigenvalue weighted by molar-refractivity contribution is 7.89. The molecule has 0 atom stereocenters. The lowest BCUT2D eigenvalue weighted by Gasteiger charge is -2.39. The molecule has 3 aliphatic rings. The Balaban J connectivity index is 1.35. The van der Waals surface area contributed by atoms with E-state index in [4.69, 9.17) is 5.73 Å². The van der Waals surface area contributed by atoms with Crippen molar-refractivity contribution in [1.29, 1.82) is 0 Å². The highest BCUT2D eigenvalue weighted by Gasteiger charge is 2.49. The van der Waals surface area contributed by atoms with E-state index < -0.39 is 27.5 Å². The maximum absolute atomic E-state index is 13.0. The molecule has 0 radical (unpaired) electrons. The van der Waals surface area contributed by atoms with Crippen molar-refractivity contribution in [1.82, 2.24) is 24.4 Å². The van der Waals surface area contributed by atoms with E-state index in [1.54, 1.807) is 11.9 Å². The summed E-state index contributed by atoms with van der Waals surface area (Å²) in [7, 11) is -2.25. The van der Waals surface area contributed by atoms with Crippen molar-refractivity contribution >= 4 is 33.8 Å². The lowest BCUT2D eigenvalue weighted by atomic mass is 9.86. The number of primary amides is 1. The number of piperidine rings is 2. The molecule has 0 aromatic carbocycles. The molecule has 3 fully saturated rings. The number of rotatable bonds is 4. The van der Waals surface area contributed by atoms with E-state index in [1.807, 2.05) is 0 Å². The Morgan fingerprint density at radius 1 is 1.12 bits per heavy atom. The molecule has 13 heteroatoms. The number of nitrogens with one attached hydrogen (secondary N) is 2. The zero-order valence-corrected chi connectivity index (χ0v) is 18.5. The van der Waals surface area contributed by atoms with E-state index in [0.717, 1.165) is 0 Å². The summed E-state index contributed by atoms with van der Waals surface area (Å²) in [5, 5.41) is 4.91. The summed E-state index contributed by atoms with van der Waals surface area (Å²) in [6, 6.07) is 0.751. The molecular weight excluding hydrogens is 440 g/mol. The Kier molecular flexibility index (Phi) is 5.49. The quantitative estimate of drug-likeness (QED) is 0.468. The highest BCUT2D eigenvalue weighted by atomic mass is 32.2. The van der Waals surface area contributed by atoms with Crippen molar-refractivity contribution in [3.8, 4) is 0 Å². The number of sulfonamides is 1. The molecule has 0 bridgehead atoms. The van der Waals surface area contributed by atoms with Gasteiger partial charge < -0.3 is 20.5 Å². The molecular formula is C19H26N6O6S. The van der Waals surface area contributed by atoms with Crippen LogP contribution in [0, 0.1) is 5.92 Å². The van der Waals surface area contributed by atoms with E-state index >= 15 is 0 Å². The molecule has 0 unspecified atom stereocenters. The smallest absolute Gasteiger partial charge is 0.322 e. The zero-order valence-electron chi connectivity index (χ0n) is 17.7. The third-order valence-electron chi connectivity index (χ3n) is 6.62. The van der Waals surface area contributed by atoms with Gasteiger partial charge in [-0.25, -0.2) is 13.2 Å². The molecule has 1 aromatic heterocycles. The van der Waals surface area contributed by atoms with Crippen LogP contribution in [-0.2, 0) is 26.7 Å². The van der Waals surface area contributed by atoms with E-state index in [0.29, 0.717) is 38.8 Å². The summed E-state index contributed by atoms with van der Waals surface area (Å²) in [6.45, 7) is 1.08. The number of nitrogens with zero attached hydrogens (tertiary/aromatic N) is 3. The lowest BCUT2D eigenvalue weighted by Crippen LogP contribution is -2.56. The summed E-state index contributed by atoms with van der Waals surface area (Å²) in [5.74, 6) is -1.43. The molecule has 0 saturated carbocycles. The van der Waals surface area contributed by atoms with Crippen molar-refractivity contribution in [3.63, 3.8) is 0 Å². The van der Waals surface area contributed by atoms with Crippen LogP contribution in [0.2, 0.25) is 0 Å². The predicted octanol–water partition coefficient (Wildman–Crippen LogP) is -1.27. The Morgan fingerprint density at radius 3 is 2.25 bits per heavy atom. The summed E-state index contributed by atoms with van der Waals surface area (Å²) in [6.07, 6.45) is 2.81. The van der Waals surface area contributed by atoms with Crippen LogP contribution >= 0.6 is 0 Å². The number of hydrogen-bond acceptors (Lipinski definition) is 6. The molecule has 1 spiro atoms. The number of urea groups is 1. The number of amides is 5. The van der Waals surface area contributed by atoms with Crippen LogP contribution in [0.1, 0.15) is 36.2 Å². The van der Waals surface area contributed by atoms with Crippen molar-refractivity contribution in [2.75, 3.05) is 26.2 Å². The van der Waals surface area contributed by atoms with Gasteiger partial charge in [-0.15, -0.1) is 0 Å². The fraction of sp³-hybridized carbons (Fsp3) is 0.579. The molecule has 174 valence electrons. The minimum absolute atomic E-state index is 0.00297. The van der Waals surface area contributed by atoms with E-state index in [9.17, 15) is 27.6 Å². The second kappa shape index (κ2) is 7.89. The van der Waals surface area contributed by atoms with Crippen molar-refractivity contribution in [2.24, 2.45) is 18.7 Å². The van der Waals surface area contributed by atoms with E-state index in [-0.39, 0.29) is 41.4 Å². The van der Waals surface area contributed by atoms with Gasteiger partial charge in [0.05, 0.1) is 0 Å². The van der Waals surface area contributed by atoms with Gasteiger partial charge in [0.1, 0.15) is 16.1 Å². The number of hydrogen-bond donors (Lipinski definition) is 3. The third-order valence-corrected chi connectivity index (χ3v) is 8.48. The summed E-state index contributed by atoms with van der Waals surface area (Å²) >= 11 is 0. The van der Waals surface area contributed by atoms with Gasteiger partial charge in [-0.2, -0.15) is 4.31 Å². The van der Waals surface area contributed by atoms with Crippen molar-refractivity contribution < 1.29 is 27.6 Å². The second-order valence-corrected chi connectivity index (χ2v) is 10.5. The number of aryl methyl sites for hydroxylation is 1. The normalized spacial score (nSPS) is 22.1. The monoisotopic (exact) mass is 466 g/mol. The average Bonchev–Trinajstić information content (AvgIpc) is 3.28. The van der Waals surface area contributed by atoms with Crippen molar-refractivity contribution in [3.05, 3.63) is 18.0 Å². The first-order valence-corrected chi connectivity index (χ1v) is 11.9. The first-order valence-electron chi connectivity index (χ1n) is 10.4. The van der Waals surface area contributed by atoms with Gasteiger partial charge in [0.2, 0.25) is 15.9 Å². The molecule has 4 N–H and O–H groups in total. The third kappa shape index (κ3) is 3.75. The average molecular weight is 467 g/mol. The maximum atomic E-state index is 13.0. The topological polar surface area (TPSA) is 164 Å². The van der Waals surface area contributed by atoms with Crippen LogP contribution in [0.5, 0.6) is 0 Å². The van der Waals surface area contributed by atoms with Crippen LogP contribution in [0.3, 0.4) is 0 Å². The molecule has 0 aliphatic carbocycles. The first-order chi connectivity index (χ1) is 15.0. The highest BCUT2D eigenvalue weighted by Crippen LogP contribution is 2.30. The molecule has 5 amide bonds. The van der Waals surface area contributed by atoms with Gasteiger partial charge in [-0.05, 0) is 31.7 Å². The number of carbonyl (C=O) groups is 4. The zero-order chi connectivity index (χ0) is 23.3. The largest absolute Gasteiger partial charge is 0.364 e. The van der Waals surface area contributed by atoms with Crippen LogP contribution in [0.4, 0.5) is 4.79 Å². The number of nitrogens with two attached hydrogens (primary N) is 1. The SMILES string of the molecule is Cn1cc(S(=O)(=O)N2CCC(C(=O)N3CCC4(CC3)NC(=O)NC4=O)CC2)cc1C(N)=O. The van der Waals surface area contributed by atoms with Crippen molar-refractivity contribution in [2.45, 2.75) is 36.1 Å². The molecule has 3 aliphatic heterocycles. The van der Waals surface area contributed by atoms with Gasteiger partial charge in [0.15, 0.2) is 0 Å². The standard InChI is InChI=1S/C19H26N6O6S/c1-23-11-13(10-14(23)15(20)26)32(30,31)25-6-2-12(3-7-25)16(27)24-8-4-19(5-9-24)17(28)21-18(29)22-19/h10-12H,2-9H2,1H3,(H2,20,26)(H2,21,22,28,29). The predicted molar refractivity (Wildman–Crippen MR) is 111 cm³/mol. The molecule has 1 aromatic rings. The van der Waals surface area contributed by atoms with Crippen LogP contribution < -0.4 is 16.4 Å². The van der Waals surface area contributed by atoms with Gasteiger partial charge in [0.25, 0.3) is 11.8 Å². The fourth-order valence-corrected chi connectivity index (χ4v) is 6.20. The van der Waals surface area contributed by atoms with Crippen LogP contribution in [0.15, 0.2) is 17.2 Å². The molecule has 32 heavy (non-hydrogen) atoms. The maximum Gasteiger partial charge on any atom is 0.322 e. The lowest BCUT2D eigenvalue weighted by molar-refractivity contribution is -0.140. The minimum Gasteiger partial charge on any atom is -0.364 e. The summed E-state index contributed by atoms with van der Waals surface area (Å²) in [4.78, 5) is 49.6. The Bertz CT molecular complexity index is 1080. The van der Waals surface area contributed by atoms with E-state index in [2.05, 4.69) is 10.6 Å². The number of imide groups is 1. The second-order valence-electron chi connectivity index (χ2n) is 8.53. The molecule has 3 saturated heterocycles. The number of aromatic nitrogens is 1. The van der Waals surface area contributed by atoms with Gasteiger partial charge >= 0.3 is 6.03 Å². The molecule has 4 rings (SSSR count). The minimum atomic E-state index is -3.80. The number of carbonyl (C=O) groups excluding carboxylic acids is 4. The Hall–Kier alpha value is -2.93. The van der Waals surface area contributed by atoms with Gasteiger partial charge in [-0.1, -0.05) is 0 Å². The van der Waals surface area contributed by atoms with Gasteiger partial charge in [0, 0.05) is 45.3 Å². The van der Waals surface area contributed by atoms with Crippen LogP contribution in [0.25, 0.3) is 0 Å². The Labute approximate surface area is 185 Å². The Morgan fingerprint density at radius 2 is 1.75 bits per heavy atom. The van der Waals surface area contributed by atoms with E-state index in [1.165, 1.54) is 21.1 Å². The number of likely N-dealkylation sites (tertiary alicyclic amines) is 1. The fourth-order valence-electron chi connectivity index (χ4n) is 4.66. The summed E-state index contributed by atoms with van der Waals surface area (Å²) < 4.78 is 28.6. The van der Waals surface area contributed by atoms with Crippen LogP contribution in [-0.4, -0.2) is 77.7 Å².